The van der Waals surface area contributed by atoms with E-state index < -0.39 is 0 Å². The van der Waals surface area contributed by atoms with Crippen LogP contribution in [-0.4, -0.2) is 0 Å². The SMILES string of the molecule is CCCc1cccc(C(N)c2ccc(C)c(F)c2)c1. The van der Waals surface area contributed by atoms with Crippen LogP contribution in [0.1, 0.15) is 41.6 Å². The van der Waals surface area contributed by atoms with Crippen LogP contribution in [0.25, 0.3) is 0 Å². The van der Waals surface area contributed by atoms with Crippen molar-refractivity contribution >= 4 is 0 Å². The standard InChI is InChI=1S/C17H20FN/c1-3-5-13-6-4-7-14(10-13)17(19)15-9-8-12(2)16(18)11-15/h4,6-11,17H,3,5,19H2,1-2H3. The van der Waals surface area contributed by atoms with Crippen molar-refractivity contribution in [2.45, 2.75) is 32.7 Å². The molecule has 0 aliphatic rings. The van der Waals surface area contributed by atoms with Crippen molar-refractivity contribution in [3.63, 3.8) is 0 Å². The molecule has 1 atom stereocenters. The van der Waals surface area contributed by atoms with Crippen molar-refractivity contribution in [1.82, 2.24) is 0 Å². The molecule has 100 valence electrons. The number of hydrogen-bond donors (Lipinski definition) is 1. The Hall–Kier alpha value is -1.67. The fraction of sp³-hybridized carbons (Fsp3) is 0.294. The van der Waals surface area contributed by atoms with Gasteiger partial charge in [-0.2, -0.15) is 0 Å². The van der Waals surface area contributed by atoms with Crippen LogP contribution >= 0.6 is 0 Å². The molecule has 0 saturated heterocycles. The quantitative estimate of drug-likeness (QED) is 0.875. The summed E-state index contributed by atoms with van der Waals surface area (Å²) in [6, 6.07) is 13.2. The van der Waals surface area contributed by atoms with Crippen LogP contribution in [0.5, 0.6) is 0 Å². The third kappa shape index (κ3) is 3.21. The van der Waals surface area contributed by atoms with Crippen LogP contribution in [0.2, 0.25) is 0 Å². The molecule has 2 rings (SSSR count). The largest absolute Gasteiger partial charge is 0.320 e. The zero-order valence-corrected chi connectivity index (χ0v) is 11.5. The zero-order chi connectivity index (χ0) is 13.8. The first-order valence-electron chi connectivity index (χ1n) is 6.72. The predicted octanol–water partition coefficient (Wildman–Crippen LogP) is 4.13. The van der Waals surface area contributed by atoms with E-state index in [4.69, 9.17) is 5.73 Å². The van der Waals surface area contributed by atoms with Crippen molar-refractivity contribution in [1.29, 1.82) is 0 Å². The number of hydrogen-bond acceptors (Lipinski definition) is 1. The molecule has 2 aromatic carbocycles. The van der Waals surface area contributed by atoms with E-state index >= 15 is 0 Å². The van der Waals surface area contributed by atoms with Gasteiger partial charge in [-0.3, -0.25) is 0 Å². The van der Waals surface area contributed by atoms with Crippen LogP contribution in [-0.2, 0) is 6.42 Å². The van der Waals surface area contributed by atoms with Crippen LogP contribution in [0.3, 0.4) is 0 Å². The highest BCUT2D eigenvalue weighted by molar-refractivity contribution is 5.35. The minimum Gasteiger partial charge on any atom is -0.320 e. The highest BCUT2D eigenvalue weighted by Crippen LogP contribution is 2.22. The van der Waals surface area contributed by atoms with E-state index in [1.165, 1.54) is 11.6 Å². The molecule has 0 bridgehead atoms. The number of nitrogens with two attached hydrogens (primary N) is 1. The molecule has 0 aliphatic heterocycles. The molecule has 19 heavy (non-hydrogen) atoms. The minimum absolute atomic E-state index is 0.197. The van der Waals surface area contributed by atoms with Gasteiger partial charge in [0.2, 0.25) is 0 Å². The van der Waals surface area contributed by atoms with Gasteiger partial charge in [0.05, 0.1) is 6.04 Å². The van der Waals surface area contributed by atoms with Crippen molar-refractivity contribution in [2.75, 3.05) is 0 Å². The third-order valence-electron chi connectivity index (χ3n) is 3.40. The van der Waals surface area contributed by atoms with E-state index in [2.05, 4.69) is 19.1 Å². The molecule has 0 aromatic heterocycles. The number of rotatable bonds is 4. The Kier molecular flexibility index (Phi) is 4.33. The molecule has 0 heterocycles. The van der Waals surface area contributed by atoms with Gasteiger partial charge in [-0.1, -0.05) is 49.7 Å². The molecule has 0 aliphatic carbocycles. The normalized spacial score (nSPS) is 12.4. The van der Waals surface area contributed by atoms with E-state index in [0.717, 1.165) is 24.0 Å². The predicted molar refractivity (Wildman–Crippen MR) is 77.6 cm³/mol. The summed E-state index contributed by atoms with van der Waals surface area (Å²) in [6.07, 6.45) is 2.15. The van der Waals surface area contributed by atoms with Gasteiger partial charge in [0.1, 0.15) is 5.82 Å². The topological polar surface area (TPSA) is 26.0 Å². The summed E-state index contributed by atoms with van der Waals surface area (Å²) >= 11 is 0. The Morgan fingerprint density at radius 3 is 2.53 bits per heavy atom. The summed E-state index contributed by atoms with van der Waals surface area (Å²) in [6.45, 7) is 3.91. The molecular weight excluding hydrogens is 237 g/mol. The monoisotopic (exact) mass is 257 g/mol. The highest BCUT2D eigenvalue weighted by Gasteiger charge is 2.11. The fourth-order valence-electron chi connectivity index (χ4n) is 2.23. The molecule has 1 nitrogen and oxygen atoms in total. The van der Waals surface area contributed by atoms with E-state index in [-0.39, 0.29) is 11.9 Å². The van der Waals surface area contributed by atoms with Gasteiger partial charge in [-0.15, -0.1) is 0 Å². The van der Waals surface area contributed by atoms with Gasteiger partial charge >= 0.3 is 0 Å². The van der Waals surface area contributed by atoms with E-state index in [9.17, 15) is 4.39 Å². The Morgan fingerprint density at radius 2 is 1.84 bits per heavy atom. The zero-order valence-electron chi connectivity index (χ0n) is 11.5. The van der Waals surface area contributed by atoms with Gasteiger partial charge in [0.15, 0.2) is 0 Å². The number of aryl methyl sites for hydroxylation is 2. The molecule has 0 radical (unpaired) electrons. The van der Waals surface area contributed by atoms with E-state index in [0.29, 0.717) is 5.56 Å². The lowest BCUT2D eigenvalue weighted by Gasteiger charge is -2.14. The molecule has 0 fully saturated rings. The summed E-state index contributed by atoms with van der Waals surface area (Å²) in [5.74, 6) is -0.197. The first-order chi connectivity index (χ1) is 9.11. The van der Waals surface area contributed by atoms with E-state index in [1.807, 2.05) is 18.2 Å². The first kappa shape index (κ1) is 13.8. The van der Waals surface area contributed by atoms with Gasteiger partial charge < -0.3 is 5.73 Å². The Bertz CT molecular complexity index is 563. The van der Waals surface area contributed by atoms with E-state index in [1.54, 1.807) is 13.0 Å². The maximum absolute atomic E-state index is 13.6. The maximum atomic E-state index is 13.6. The van der Waals surface area contributed by atoms with Crippen molar-refractivity contribution in [3.05, 3.63) is 70.5 Å². The third-order valence-corrected chi connectivity index (χ3v) is 3.40. The van der Waals surface area contributed by atoms with Crippen LogP contribution in [0.15, 0.2) is 42.5 Å². The Balaban J connectivity index is 2.29. The summed E-state index contributed by atoms with van der Waals surface area (Å²) in [5, 5.41) is 0. The van der Waals surface area contributed by atoms with Crippen LogP contribution in [0, 0.1) is 12.7 Å². The molecule has 2 heteroatoms. The molecule has 2 aromatic rings. The molecule has 0 spiro atoms. The van der Waals surface area contributed by atoms with Crippen molar-refractivity contribution < 1.29 is 4.39 Å². The average Bonchev–Trinajstić information content (AvgIpc) is 2.42. The van der Waals surface area contributed by atoms with Gasteiger partial charge in [0, 0.05) is 0 Å². The summed E-state index contributed by atoms with van der Waals surface area (Å²) in [7, 11) is 0. The number of halogens is 1. The van der Waals surface area contributed by atoms with Crippen molar-refractivity contribution in [2.24, 2.45) is 5.73 Å². The molecular formula is C17H20FN. The van der Waals surface area contributed by atoms with Gasteiger partial charge in [-0.25, -0.2) is 4.39 Å². The molecule has 0 saturated carbocycles. The lowest BCUT2D eigenvalue weighted by Crippen LogP contribution is -2.12. The average molecular weight is 257 g/mol. The summed E-state index contributed by atoms with van der Waals surface area (Å²) < 4.78 is 13.6. The first-order valence-corrected chi connectivity index (χ1v) is 6.72. The highest BCUT2D eigenvalue weighted by atomic mass is 19.1. The lowest BCUT2D eigenvalue weighted by atomic mass is 9.96. The summed E-state index contributed by atoms with van der Waals surface area (Å²) in [4.78, 5) is 0. The maximum Gasteiger partial charge on any atom is 0.126 e. The lowest BCUT2D eigenvalue weighted by molar-refractivity contribution is 0.614. The molecule has 1 unspecified atom stereocenters. The minimum atomic E-state index is -0.271. The smallest absolute Gasteiger partial charge is 0.126 e. The second-order valence-electron chi connectivity index (χ2n) is 4.98. The van der Waals surface area contributed by atoms with Crippen LogP contribution < -0.4 is 5.73 Å². The van der Waals surface area contributed by atoms with Gasteiger partial charge in [0.25, 0.3) is 0 Å². The second-order valence-corrected chi connectivity index (χ2v) is 4.98. The van der Waals surface area contributed by atoms with Crippen LogP contribution in [0.4, 0.5) is 4.39 Å². The Morgan fingerprint density at radius 1 is 1.11 bits per heavy atom. The molecule has 2 N–H and O–H groups in total. The summed E-state index contributed by atoms with van der Waals surface area (Å²) in [5.41, 5.74) is 10.0. The number of benzene rings is 2. The van der Waals surface area contributed by atoms with Crippen molar-refractivity contribution in [3.8, 4) is 0 Å². The molecule has 0 amide bonds. The Labute approximate surface area is 114 Å². The second kappa shape index (κ2) is 5.98. The fourth-order valence-corrected chi connectivity index (χ4v) is 2.23. The van der Waals surface area contributed by atoms with Gasteiger partial charge in [-0.05, 0) is 41.7 Å².